The molecule has 8 rings (SSSR count). The molecule has 0 spiro atoms. The number of amides is 4. The molecule has 308 valence electrons. The molecule has 10 nitrogen and oxygen atoms in total. The van der Waals surface area contributed by atoms with Crippen LogP contribution in [0.5, 0.6) is 0 Å². The standard InChI is InChI=1S/C49H57N5O5/c1-48(2)25-23-36-40(42-35(22-24-49(42,3)4)39(41(36)48)31-16-10-18-33(28-31)50-44(55)37-20-12-26-53(37)5)32-17-11-19-34(29-32)51-45(56)38-21-13-27-54(38)46(57)43(52-47(58)59-6)30-14-8-7-9-15-30/h7-11,14-19,28-29,37-38,43H,12-13,20-27H2,1-6H3,(H,50,55)(H,51,56)(H,52,58). The first-order valence-electron chi connectivity index (χ1n) is 21.2. The molecule has 4 aromatic carbocycles. The molecule has 4 aromatic rings. The fourth-order valence-electron chi connectivity index (χ4n) is 10.4. The molecule has 0 aromatic heterocycles. The minimum Gasteiger partial charge on any atom is -0.453 e. The second-order valence-corrected chi connectivity index (χ2v) is 18.2. The average molecular weight is 796 g/mol. The number of carbonyl (C=O) groups excluding carboxylic acids is 4. The van der Waals surface area contributed by atoms with Gasteiger partial charge in [-0.3, -0.25) is 19.3 Å². The number of likely N-dealkylation sites (tertiary alicyclic amines) is 2. The zero-order chi connectivity index (χ0) is 41.6. The zero-order valence-corrected chi connectivity index (χ0v) is 35.2. The fraction of sp³-hybridized carbons (Fsp3) is 0.429. The third kappa shape index (κ3) is 7.63. The van der Waals surface area contributed by atoms with Gasteiger partial charge in [-0.15, -0.1) is 0 Å². The molecule has 2 heterocycles. The van der Waals surface area contributed by atoms with E-state index in [0.717, 1.165) is 61.9 Å². The molecule has 2 aliphatic heterocycles. The molecular formula is C49H57N5O5. The smallest absolute Gasteiger partial charge is 0.407 e. The zero-order valence-electron chi connectivity index (χ0n) is 35.2. The number of hydrogen-bond donors (Lipinski definition) is 3. The Morgan fingerprint density at radius 1 is 0.695 bits per heavy atom. The van der Waals surface area contributed by atoms with Crippen LogP contribution in [0.15, 0.2) is 78.9 Å². The van der Waals surface area contributed by atoms with E-state index in [1.807, 2.05) is 43.4 Å². The van der Waals surface area contributed by atoms with Gasteiger partial charge in [-0.05, 0) is 150 Å². The van der Waals surface area contributed by atoms with Gasteiger partial charge in [0.05, 0.1) is 13.2 Å². The summed E-state index contributed by atoms with van der Waals surface area (Å²) in [6.45, 7) is 10.8. The van der Waals surface area contributed by atoms with Gasteiger partial charge in [-0.1, -0.05) is 82.3 Å². The van der Waals surface area contributed by atoms with Crippen molar-refractivity contribution in [2.75, 3.05) is 37.9 Å². The number of anilines is 2. The van der Waals surface area contributed by atoms with E-state index >= 15 is 0 Å². The maximum atomic E-state index is 14.1. The molecule has 4 aliphatic rings. The number of nitrogens with one attached hydrogen (secondary N) is 3. The molecule has 0 saturated carbocycles. The lowest BCUT2D eigenvalue weighted by molar-refractivity contribution is -0.138. The first kappa shape index (κ1) is 40.3. The molecule has 0 radical (unpaired) electrons. The summed E-state index contributed by atoms with van der Waals surface area (Å²) in [7, 11) is 3.29. The van der Waals surface area contributed by atoms with E-state index < -0.39 is 18.2 Å². The first-order chi connectivity index (χ1) is 28.3. The summed E-state index contributed by atoms with van der Waals surface area (Å²) in [5, 5.41) is 9.11. The summed E-state index contributed by atoms with van der Waals surface area (Å²) in [5.41, 5.74) is 12.2. The Bertz CT molecular complexity index is 2300. The highest BCUT2D eigenvalue weighted by Crippen LogP contribution is 2.56. The van der Waals surface area contributed by atoms with Crippen LogP contribution in [0.1, 0.15) is 100 Å². The van der Waals surface area contributed by atoms with Crippen LogP contribution in [-0.2, 0) is 42.8 Å². The number of rotatable bonds is 9. The maximum absolute atomic E-state index is 14.1. The molecule has 4 amide bonds. The molecular weight excluding hydrogens is 739 g/mol. The minimum atomic E-state index is -0.986. The average Bonchev–Trinajstić information content (AvgIpc) is 4.02. The molecule has 2 fully saturated rings. The molecule has 3 N–H and O–H groups in total. The Hall–Kier alpha value is -5.48. The van der Waals surface area contributed by atoms with Crippen LogP contribution < -0.4 is 16.0 Å². The quantitative estimate of drug-likeness (QED) is 0.156. The second kappa shape index (κ2) is 15.9. The van der Waals surface area contributed by atoms with Crippen molar-refractivity contribution in [3.05, 3.63) is 107 Å². The molecule has 2 saturated heterocycles. The topological polar surface area (TPSA) is 120 Å². The lowest BCUT2D eigenvalue weighted by Crippen LogP contribution is -2.48. The second-order valence-electron chi connectivity index (χ2n) is 18.2. The lowest BCUT2D eigenvalue weighted by atomic mass is 9.73. The van der Waals surface area contributed by atoms with E-state index in [4.69, 9.17) is 4.74 Å². The van der Waals surface area contributed by atoms with Gasteiger partial charge in [0.2, 0.25) is 11.8 Å². The van der Waals surface area contributed by atoms with Crippen molar-refractivity contribution in [1.82, 2.24) is 15.1 Å². The van der Waals surface area contributed by atoms with Crippen molar-refractivity contribution in [3.63, 3.8) is 0 Å². The van der Waals surface area contributed by atoms with Crippen LogP contribution in [0, 0.1) is 0 Å². The molecule has 2 aliphatic carbocycles. The van der Waals surface area contributed by atoms with Gasteiger partial charge in [-0.2, -0.15) is 0 Å². The van der Waals surface area contributed by atoms with Crippen molar-refractivity contribution in [3.8, 4) is 22.3 Å². The fourth-order valence-corrected chi connectivity index (χ4v) is 10.4. The molecule has 10 heteroatoms. The summed E-state index contributed by atoms with van der Waals surface area (Å²) < 4.78 is 4.85. The number of hydrogen-bond acceptors (Lipinski definition) is 6. The van der Waals surface area contributed by atoms with Crippen LogP contribution in [0.2, 0.25) is 0 Å². The van der Waals surface area contributed by atoms with Gasteiger partial charge in [0.25, 0.3) is 5.91 Å². The molecule has 3 unspecified atom stereocenters. The largest absolute Gasteiger partial charge is 0.453 e. The Balaban J connectivity index is 1.13. The van der Waals surface area contributed by atoms with Gasteiger partial charge in [0.1, 0.15) is 12.1 Å². The number of fused-ring (bicyclic) bond motifs is 2. The van der Waals surface area contributed by atoms with Crippen molar-refractivity contribution >= 4 is 35.2 Å². The summed E-state index contributed by atoms with van der Waals surface area (Å²) in [5.74, 6) is -0.546. The van der Waals surface area contributed by atoms with Crippen molar-refractivity contribution < 1.29 is 23.9 Å². The molecule has 0 bridgehead atoms. The predicted octanol–water partition coefficient (Wildman–Crippen LogP) is 8.53. The van der Waals surface area contributed by atoms with Gasteiger partial charge in [0, 0.05) is 17.9 Å². The number of nitrogens with zero attached hydrogens (tertiary/aromatic N) is 2. The number of ether oxygens (including phenoxy) is 1. The van der Waals surface area contributed by atoms with Crippen LogP contribution in [0.3, 0.4) is 0 Å². The first-order valence-corrected chi connectivity index (χ1v) is 21.2. The highest BCUT2D eigenvalue weighted by atomic mass is 16.5. The number of carbonyl (C=O) groups is 4. The number of methoxy groups -OCH3 is 1. The highest BCUT2D eigenvalue weighted by molar-refractivity contribution is 6.00. The van der Waals surface area contributed by atoms with Crippen molar-refractivity contribution in [2.45, 2.75) is 108 Å². The summed E-state index contributed by atoms with van der Waals surface area (Å²) in [4.78, 5) is 57.6. The van der Waals surface area contributed by atoms with Gasteiger partial charge >= 0.3 is 6.09 Å². The number of alkyl carbamates (subject to hydrolysis) is 1. The number of likely N-dealkylation sites (N-methyl/N-ethyl adjacent to an activating group) is 1. The van der Waals surface area contributed by atoms with E-state index in [2.05, 4.69) is 78.9 Å². The third-order valence-electron chi connectivity index (χ3n) is 13.4. The van der Waals surface area contributed by atoms with Gasteiger partial charge in [-0.25, -0.2) is 4.79 Å². The van der Waals surface area contributed by atoms with Gasteiger partial charge in [0.15, 0.2) is 0 Å². The van der Waals surface area contributed by atoms with Crippen LogP contribution in [0.4, 0.5) is 16.2 Å². The Labute approximate surface area is 348 Å². The molecule has 3 atom stereocenters. The highest BCUT2D eigenvalue weighted by Gasteiger charge is 2.44. The summed E-state index contributed by atoms with van der Waals surface area (Å²) in [6, 6.07) is 23.9. The predicted molar refractivity (Wildman–Crippen MR) is 232 cm³/mol. The maximum Gasteiger partial charge on any atom is 0.407 e. The van der Waals surface area contributed by atoms with Gasteiger partial charge < -0.3 is 25.6 Å². The SMILES string of the molecule is COC(=O)NC(C(=O)N1CCCC1C(=O)Nc1cccc(-c2c3c(c(-c4cccc(NC(=O)C5CCCN5C)c4)c4c2C(C)(C)CC4)C(C)(C)CC3)c1)c1ccccc1. The third-order valence-corrected chi connectivity index (χ3v) is 13.4. The van der Waals surface area contributed by atoms with Crippen LogP contribution in [0.25, 0.3) is 22.3 Å². The molecule has 59 heavy (non-hydrogen) atoms. The van der Waals surface area contributed by atoms with Crippen LogP contribution in [-0.4, -0.2) is 72.9 Å². The Morgan fingerprint density at radius 3 is 1.75 bits per heavy atom. The normalized spacial score (nSPS) is 20.7. The van der Waals surface area contributed by atoms with E-state index in [0.29, 0.717) is 30.6 Å². The number of benzene rings is 4. The van der Waals surface area contributed by atoms with Crippen molar-refractivity contribution in [2.24, 2.45) is 0 Å². The monoisotopic (exact) mass is 795 g/mol. The van der Waals surface area contributed by atoms with E-state index in [9.17, 15) is 19.2 Å². The summed E-state index contributed by atoms with van der Waals surface area (Å²) >= 11 is 0. The lowest BCUT2D eigenvalue weighted by Gasteiger charge is -2.31. The Kier molecular flexibility index (Phi) is 10.9. The minimum absolute atomic E-state index is 0.0561. The van der Waals surface area contributed by atoms with E-state index in [-0.39, 0.29) is 34.6 Å². The van der Waals surface area contributed by atoms with Crippen LogP contribution >= 0.6 is 0 Å². The Morgan fingerprint density at radius 2 is 1.22 bits per heavy atom. The van der Waals surface area contributed by atoms with E-state index in [1.165, 1.54) is 40.5 Å². The van der Waals surface area contributed by atoms with Crippen molar-refractivity contribution in [1.29, 1.82) is 0 Å². The summed E-state index contributed by atoms with van der Waals surface area (Å²) in [6.07, 6.45) is 6.32. The van der Waals surface area contributed by atoms with E-state index in [1.54, 1.807) is 17.0 Å².